The molecule has 1 aromatic heterocycles. The Balaban J connectivity index is 1.89. The van der Waals surface area contributed by atoms with Gasteiger partial charge in [0.2, 0.25) is 0 Å². The minimum Gasteiger partial charge on any atom is -0.466 e. The lowest BCUT2D eigenvalue weighted by Crippen LogP contribution is -2.47. The molecule has 128 valence electrons. The number of benzene rings is 1. The molecule has 0 saturated heterocycles. The minimum absolute atomic E-state index is 0.307. The fourth-order valence-corrected chi connectivity index (χ4v) is 2.13. The van der Waals surface area contributed by atoms with Gasteiger partial charge in [-0.1, -0.05) is 6.07 Å². The number of nitrogens with one attached hydrogen (secondary N) is 3. The second kappa shape index (κ2) is 7.12. The first-order valence-corrected chi connectivity index (χ1v) is 7.16. The van der Waals surface area contributed by atoms with Crippen LogP contribution in [0, 0.1) is 25.5 Å². The minimum atomic E-state index is -0.999. The van der Waals surface area contributed by atoms with Gasteiger partial charge >= 0.3 is 6.03 Å². The van der Waals surface area contributed by atoms with Crippen molar-refractivity contribution in [2.24, 2.45) is 0 Å². The second-order valence-electron chi connectivity index (χ2n) is 5.27. The normalized spacial score (nSPS) is 11.7. The largest absolute Gasteiger partial charge is 0.466 e. The number of amides is 3. The quantitative estimate of drug-likeness (QED) is 0.753. The van der Waals surface area contributed by atoms with Gasteiger partial charge in [0.05, 0.1) is 11.6 Å². The van der Waals surface area contributed by atoms with Gasteiger partial charge in [0.25, 0.3) is 5.91 Å². The summed E-state index contributed by atoms with van der Waals surface area (Å²) in [6.45, 7) is 4.93. The Kier molecular flexibility index (Phi) is 5.18. The van der Waals surface area contributed by atoms with E-state index in [0.29, 0.717) is 22.6 Å². The van der Waals surface area contributed by atoms with Crippen molar-refractivity contribution in [2.45, 2.75) is 26.8 Å². The number of urea groups is 1. The molecular weight excluding hydrogens is 320 g/mol. The number of hydrogen-bond acceptors (Lipinski definition) is 3. The highest BCUT2D eigenvalue weighted by molar-refractivity contribution is 5.96. The Hall–Kier alpha value is -2.90. The second-order valence-corrected chi connectivity index (χ2v) is 5.27. The van der Waals surface area contributed by atoms with Crippen LogP contribution in [0.2, 0.25) is 0 Å². The molecule has 8 heteroatoms. The van der Waals surface area contributed by atoms with Crippen LogP contribution in [0.15, 0.2) is 28.7 Å². The number of carbonyl (C=O) groups excluding carboxylic acids is 2. The van der Waals surface area contributed by atoms with Gasteiger partial charge < -0.3 is 9.73 Å². The van der Waals surface area contributed by atoms with Crippen molar-refractivity contribution in [3.05, 3.63) is 58.5 Å². The van der Waals surface area contributed by atoms with Crippen LogP contribution in [-0.2, 0) is 0 Å². The molecule has 1 heterocycles. The third-order valence-corrected chi connectivity index (χ3v) is 3.37. The van der Waals surface area contributed by atoms with Gasteiger partial charge in [0, 0.05) is 0 Å². The summed E-state index contributed by atoms with van der Waals surface area (Å²) in [7, 11) is 0. The topological polar surface area (TPSA) is 83.4 Å². The molecule has 0 spiro atoms. The first kappa shape index (κ1) is 17.5. The number of rotatable bonds is 3. The van der Waals surface area contributed by atoms with Crippen molar-refractivity contribution in [1.82, 2.24) is 16.2 Å². The van der Waals surface area contributed by atoms with Gasteiger partial charge in [-0.15, -0.1) is 0 Å². The van der Waals surface area contributed by atoms with Gasteiger partial charge in [-0.2, -0.15) is 0 Å². The highest BCUT2D eigenvalue weighted by atomic mass is 19.2. The van der Waals surface area contributed by atoms with Crippen molar-refractivity contribution in [1.29, 1.82) is 0 Å². The van der Waals surface area contributed by atoms with Gasteiger partial charge in [0.15, 0.2) is 11.6 Å². The lowest BCUT2D eigenvalue weighted by atomic mass is 10.1. The summed E-state index contributed by atoms with van der Waals surface area (Å²) < 4.78 is 31.3. The Morgan fingerprint density at radius 1 is 1.08 bits per heavy atom. The van der Waals surface area contributed by atoms with E-state index in [1.165, 1.54) is 6.07 Å². The summed E-state index contributed by atoms with van der Waals surface area (Å²) in [5, 5.41) is 2.49. The Morgan fingerprint density at radius 2 is 1.79 bits per heavy atom. The molecule has 1 atom stereocenters. The Bertz CT molecular complexity index is 774. The molecule has 0 aliphatic rings. The summed E-state index contributed by atoms with van der Waals surface area (Å²) in [5.74, 6) is -1.48. The SMILES string of the molecule is Cc1cc(C(=O)NNC(=O)NC(C)c2ccc(F)c(F)c2)c(C)o1. The van der Waals surface area contributed by atoms with Crippen LogP contribution in [0.3, 0.4) is 0 Å². The van der Waals surface area contributed by atoms with Crippen LogP contribution in [0.1, 0.15) is 40.4 Å². The summed E-state index contributed by atoms with van der Waals surface area (Å²) in [5.41, 5.74) is 5.11. The molecule has 1 unspecified atom stereocenters. The molecular formula is C16H17F2N3O3. The van der Waals surface area contributed by atoms with E-state index in [2.05, 4.69) is 16.2 Å². The molecule has 0 aliphatic carbocycles. The third-order valence-electron chi connectivity index (χ3n) is 3.37. The van der Waals surface area contributed by atoms with Gasteiger partial charge in [-0.25, -0.2) is 19.0 Å². The molecule has 0 saturated carbocycles. The lowest BCUT2D eigenvalue weighted by molar-refractivity contribution is 0.0934. The number of aryl methyl sites for hydroxylation is 2. The fourth-order valence-electron chi connectivity index (χ4n) is 2.13. The number of halogens is 2. The van der Waals surface area contributed by atoms with E-state index in [1.807, 2.05) is 0 Å². The Morgan fingerprint density at radius 3 is 2.38 bits per heavy atom. The van der Waals surface area contributed by atoms with Crippen molar-refractivity contribution < 1.29 is 22.8 Å². The molecule has 2 aromatic rings. The van der Waals surface area contributed by atoms with Crippen LogP contribution in [0.25, 0.3) is 0 Å². The van der Waals surface area contributed by atoms with Crippen molar-refractivity contribution >= 4 is 11.9 Å². The zero-order chi connectivity index (χ0) is 17.9. The maximum absolute atomic E-state index is 13.2. The predicted molar refractivity (Wildman–Crippen MR) is 82.1 cm³/mol. The standard InChI is InChI=1S/C16H17F2N3O3/c1-8-6-12(10(3)24-8)15(22)20-21-16(23)19-9(2)11-4-5-13(17)14(18)7-11/h4-7,9H,1-3H3,(H,20,22)(H2,19,21,23). The molecule has 0 fully saturated rings. The van der Waals surface area contributed by atoms with E-state index in [4.69, 9.17) is 4.42 Å². The molecule has 3 amide bonds. The summed E-state index contributed by atoms with van der Waals surface area (Å²) in [4.78, 5) is 23.7. The van der Waals surface area contributed by atoms with Crippen LogP contribution < -0.4 is 16.2 Å². The molecule has 0 radical (unpaired) electrons. The average molecular weight is 337 g/mol. The molecule has 24 heavy (non-hydrogen) atoms. The fraction of sp³-hybridized carbons (Fsp3) is 0.250. The number of hydrogen-bond donors (Lipinski definition) is 3. The van der Waals surface area contributed by atoms with Crippen LogP contribution in [0.5, 0.6) is 0 Å². The van der Waals surface area contributed by atoms with Crippen LogP contribution in [0.4, 0.5) is 13.6 Å². The monoisotopic (exact) mass is 337 g/mol. The number of furan rings is 1. The maximum atomic E-state index is 13.2. The number of carbonyl (C=O) groups is 2. The van der Waals surface area contributed by atoms with E-state index in [1.54, 1.807) is 26.8 Å². The summed E-state index contributed by atoms with van der Waals surface area (Å²) in [6.07, 6.45) is 0. The van der Waals surface area contributed by atoms with Crippen molar-refractivity contribution in [3.63, 3.8) is 0 Å². The lowest BCUT2D eigenvalue weighted by Gasteiger charge is -2.15. The molecule has 3 N–H and O–H groups in total. The van der Waals surface area contributed by atoms with E-state index < -0.39 is 29.6 Å². The smallest absolute Gasteiger partial charge is 0.333 e. The number of hydrazine groups is 1. The third kappa shape index (κ3) is 4.09. The molecule has 0 aliphatic heterocycles. The molecule has 6 nitrogen and oxygen atoms in total. The molecule has 1 aromatic carbocycles. The first-order valence-electron chi connectivity index (χ1n) is 7.16. The molecule has 0 bridgehead atoms. The van der Waals surface area contributed by atoms with Crippen LogP contribution >= 0.6 is 0 Å². The zero-order valence-corrected chi connectivity index (χ0v) is 13.4. The first-order chi connectivity index (χ1) is 11.3. The highest BCUT2D eigenvalue weighted by Crippen LogP contribution is 2.16. The van der Waals surface area contributed by atoms with Crippen molar-refractivity contribution in [2.75, 3.05) is 0 Å². The van der Waals surface area contributed by atoms with Crippen molar-refractivity contribution in [3.8, 4) is 0 Å². The predicted octanol–water partition coefficient (Wildman–Crippen LogP) is 2.88. The van der Waals surface area contributed by atoms with Gasteiger partial charge in [-0.05, 0) is 44.5 Å². The van der Waals surface area contributed by atoms with E-state index in [9.17, 15) is 18.4 Å². The average Bonchev–Trinajstić information content (AvgIpc) is 2.86. The van der Waals surface area contributed by atoms with E-state index >= 15 is 0 Å². The van der Waals surface area contributed by atoms with E-state index in [0.717, 1.165) is 12.1 Å². The molecule has 2 rings (SSSR count). The van der Waals surface area contributed by atoms with Crippen LogP contribution in [-0.4, -0.2) is 11.9 Å². The Labute approximate surface area is 137 Å². The van der Waals surface area contributed by atoms with E-state index in [-0.39, 0.29) is 0 Å². The van der Waals surface area contributed by atoms with Gasteiger partial charge in [0.1, 0.15) is 11.5 Å². The van der Waals surface area contributed by atoms with Gasteiger partial charge in [-0.3, -0.25) is 10.2 Å². The zero-order valence-electron chi connectivity index (χ0n) is 13.4. The highest BCUT2D eigenvalue weighted by Gasteiger charge is 2.15. The summed E-state index contributed by atoms with van der Waals surface area (Å²) >= 11 is 0. The summed E-state index contributed by atoms with van der Waals surface area (Å²) in [6, 6.07) is 3.60. The maximum Gasteiger partial charge on any atom is 0.333 e.